The molecule has 31 heavy (non-hydrogen) atoms. The number of carbonyl (C=O) groups excluding carboxylic acids is 1. The Kier molecular flexibility index (Phi) is 8.13. The summed E-state index contributed by atoms with van der Waals surface area (Å²) in [5.41, 5.74) is 1.85. The van der Waals surface area contributed by atoms with Gasteiger partial charge in [-0.15, -0.1) is 16.8 Å². The lowest BCUT2D eigenvalue weighted by Gasteiger charge is -2.10. The van der Waals surface area contributed by atoms with Gasteiger partial charge in [0.25, 0.3) is 0 Å². The molecule has 0 unspecified atom stereocenters. The minimum Gasteiger partial charge on any atom is -0.497 e. The molecule has 0 bridgehead atoms. The maximum Gasteiger partial charge on any atom is 0.234 e. The van der Waals surface area contributed by atoms with Crippen molar-refractivity contribution in [3.63, 3.8) is 0 Å². The van der Waals surface area contributed by atoms with Gasteiger partial charge in [0.15, 0.2) is 11.0 Å². The average molecular weight is 503 g/mol. The number of ether oxygens (including phenoxy) is 2. The van der Waals surface area contributed by atoms with E-state index in [9.17, 15) is 4.79 Å². The molecular formula is C22H23BrN4O3S. The summed E-state index contributed by atoms with van der Waals surface area (Å²) in [6.07, 6.45) is 1.76. The maximum atomic E-state index is 12.4. The van der Waals surface area contributed by atoms with Crippen LogP contribution in [0.3, 0.4) is 0 Å². The van der Waals surface area contributed by atoms with Crippen molar-refractivity contribution in [2.24, 2.45) is 0 Å². The number of nitrogens with zero attached hydrogens (tertiary/aromatic N) is 3. The fraction of sp³-hybridized carbons (Fsp3) is 0.227. The van der Waals surface area contributed by atoms with E-state index in [1.807, 2.05) is 54.0 Å². The Balaban J connectivity index is 1.61. The number of anilines is 1. The van der Waals surface area contributed by atoms with Crippen LogP contribution in [0.2, 0.25) is 0 Å². The number of rotatable bonds is 10. The molecule has 0 radical (unpaired) electrons. The summed E-state index contributed by atoms with van der Waals surface area (Å²) in [5, 5.41) is 12.0. The predicted octanol–water partition coefficient (Wildman–Crippen LogP) is 4.85. The van der Waals surface area contributed by atoms with Gasteiger partial charge < -0.3 is 14.8 Å². The molecule has 162 valence electrons. The van der Waals surface area contributed by atoms with Gasteiger partial charge in [-0.2, -0.15) is 0 Å². The van der Waals surface area contributed by atoms with Crippen molar-refractivity contribution in [3.05, 3.63) is 71.0 Å². The normalized spacial score (nSPS) is 10.5. The molecule has 3 aromatic rings. The largest absolute Gasteiger partial charge is 0.497 e. The van der Waals surface area contributed by atoms with Gasteiger partial charge in [0.05, 0.1) is 18.6 Å². The average Bonchev–Trinajstić information content (AvgIpc) is 3.15. The molecular weight excluding hydrogens is 480 g/mol. The van der Waals surface area contributed by atoms with Crippen molar-refractivity contribution in [1.29, 1.82) is 0 Å². The topological polar surface area (TPSA) is 78.3 Å². The number of hydrogen-bond donors (Lipinski definition) is 1. The number of allylic oxidation sites excluding steroid dienone is 1. The fourth-order valence-corrected chi connectivity index (χ4v) is 4.06. The van der Waals surface area contributed by atoms with Gasteiger partial charge in [-0.1, -0.05) is 23.9 Å². The Bertz CT molecular complexity index is 1050. The number of aryl methyl sites for hydroxylation is 1. The first kappa shape index (κ1) is 22.9. The lowest BCUT2D eigenvalue weighted by atomic mass is 10.2. The summed E-state index contributed by atoms with van der Waals surface area (Å²) in [4.78, 5) is 12.4. The number of aromatic nitrogens is 3. The predicted molar refractivity (Wildman–Crippen MR) is 126 cm³/mol. The first-order valence-electron chi connectivity index (χ1n) is 9.48. The molecule has 0 atom stereocenters. The van der Waals surface area contributed by atoms with E-state index in [0.29, 0.717) is 23.3 Å². The minimum atomic E-state index is -0.126. The Labute approximate surface area is 194 Å². The Morgan fingerprint density at radius 2 is 1.97 bits per heavy atom. The highest BCUT2D eigenvalue weighted by Crippen LogP contribution is 2.25. The summed E-state index contributed by atoms with van der Waals surface area (Å²) >= 11 is 4.78. The van der Waals surface area contributed by atoms with Gasteiger partial charge in [-0.25, -0.2) is 0 Å². The van der Waals surface area contributed by atoms with Crippen molar-refractivity contribution in [1.82, 2.24) is 14.8 Å². The number of nitrogens with one attached hydrogen (secondary N) is 1. The third-order valence-corrected chi connectivity index (χ3v) is 5.89. The smallest absolute Gasteiger partial charge is 0.234 e. The highest BCUT2D eigenvalue weighted by molar-refractivity contribution is 9.10. The summed E-state index contributed by atoms with van der Waals surface area (Å²) in [6.45, 7) is 6.55. The molecule has 1 amide bonds. The zero-order valence-electron chi connectivity index (χ0n) is 17.3. The quantitative estimate of drug-likeness (QED) is 0.315. The van der Waals surface area contributed by atoms with Crippen LogP contribution in [-0.2, 0) is 17.9 Å². The molecule has 0 aliphatic rings. The summed E-state index contributed by atoms with van der Waals surface area (Å²) < 4.78 is 13.7. The second-order valence-electron chi connectivity index (χ2n) is 6.58. The monoisotopic (exact) mass is 502 g/mol. The molecule has 1 aromatic heterocycles. The molecule has 0 saturated carbocycles. The fourth-order valence-electron chi connectivity index (χ4n) is 2.70. The van der Waals surface area contributed by atoms with Crippen molar-refractivity contribution >= 4 is 39.3 Å². The van der Waals surface area contributed by atoms with Crippen LogP contribution in [0, 0.1) is 6.92 Å². The van der Waals surface area contributed by atoms with Gasteiger partial charge in [0, 0.05) is 11.0 Å². The Morgan fingerprint density at radius 1 is 1.23 bits per heavy atom. The van der Waals surface area contributed by atoms with Gasteiger partial charge in [-0.3, -0.25) is 9.36 Å². The molecule has 0 saturated heterocycles. The van der Waals surface area contributed by atoms with Crippen LogP contribution in [0.1, 0.15) is 11.4 Å². The van der Waals surface area contributed by atoms with E-state index >= 15 is 0 Å². The summed E-state index contributed by atoms with van der Waals surface area (Å²) in [7, 11) is 1.62. The number of halogens is 1. The van der Waals surface area contributed by atoms with E-state index in [0.717, 1.165) is 21.5 Å². The van der Waals surface area contributed by atoms with Gasteiger partial charge in [-0.05, 0) is 64.8 Å². The highest BCUT2D eigenvalue weighted by atomic mass is 79.9. The summed E-state index contributed by atoms with van der Waals surface area (Å²) in [6, 6.07) is 13.1. The van der Waals surface area contributed by atoms with Crippen LogP contribution in [0.4, 0.5) is 5.69 Å². The lowest BCUT2D eigenvalue weighted by molar-refractivity contribution is -0.113. The molecule has 1 N–H and O–H groups in total. The van der Waals surface area contributed by atoms with Gasteiger partial charge in [0.2, 0.25) is 5.91 Å². The maximum absolute atomic E-state index is 12.4. The van der Waals surface area contributed by atoms with Crippen molar-refractivity contribution in [2.75, 3.05) is 18.2 Å². The molecule has 0 spiro atoms. The number of hydrogen-bond acceptors (Lipinski definition) is 6. The number of carbonyl (C=O) groups is 1. The van der Waals surface area contributed by atoms with Crippen LogP contribution < -0.4 is 14.8 Å². The van der Waals surface area contributed by atoms with Crippen LogP contribution in [0.15, 0.2) is 64.7 Å². The highest BCUT2D eigenvalue weighted by Gasteiger charge is 2.15. The van der Waals surface area contributed by atoms with Crippen molar-refractivity contribution < 1.29 is 14.3 Å². The third kappa shape index (κ3) is 6.35. The zero-order valence-corrected chi connectivity index (χ0v) is 19.7. The number of methoxy groups -OCH3 is 1. The van der Waals surface area contributed by atoms with E-state index < -0.39 is 0 Å². The molecule has 1 heterocycles. The van der Waals surface area contributed by atoms with E-state index in [1.165, 1.54) is 11.8 Å². The summed E-state index contributed by atoms with van der Waals surface area (Å²) in [5.74, 6) is 2.19. The van der Waals surface area contributed by atoms with Gasteiger partial charge >= 0.3 is 0 Å². The SMILES string of the molecule is C=CCn1c(COc2ccc(OC)cc2)nnc1SCC(=O)Nc1ccc(C)cc1Br. The number of thioether (sulfide) groups is 1. The second-order valence-corrected chi connectivity index (χ2v) is 8.38. The molecule has 7 nitrogen and oxygen atoms in total. The molecule has 3 rings (SSSR count). The van der Waals surface area contributed by atoms with Gasteiger partial charge in [0.1, 0.15) is 18.1 Å². The lowest BCUT2D eigenvalue weighted by Crippen LogP contribution is -2.15. The first-order valence-corrected chi connectivity index (χ1v) is 11.3. The van der Waals surface area contributed by atoms with Crippen molar-refractivity contribution in [2.45, 2.75) is 25.2 Å². The molecule has 0 aliphatic carbocycles. The van der Waals surface area contributed by atoms with Crippen LogP contribution in [0.5, 0.6) is 11.5 Å². The number of amides is 1. The van der Waals surface area contributed by atoms with E-state index in [2.05, 4.69) is 38.0 Å². The minimum absolute atomic E-state index is 0.126. The molecule has 2 aromatic carbocycles. The zero-order chi connectivity index (χ0) is 22.2. The second kappa shape index (κ2) is 11.0. The van der Waals surface area contributed by atoms with Crippen LogP contribution in [0.25, 0.3) is 0 Å². The molecule has 0 aliphatic heterocycles. The third-order valence-electron chi connectivity index (χ3n) is 4.26. The van der Waals surface area contributed by atoms with E-state index in [4.69, 9.17) is 9.47 Å². The Hall–Kier alpha value is -2.78. The van der Waals surface area contributed by atoms with Crippen molar-refractivity contribution in [3.8, 4) is 11.5 Å². The molecule has 0 fully saturated rings. The van der Waals surface area contributed by atoms with E-state index in [-0.39, 0.29) is 18.3 Å². The number of benzene rings is 2. The molecule has 9 heteroatoms. The Morgan fingerprint density at radius 3 is 2.65 bits per heavy atom. The van der Waals surface area contributed by atoms with Crippen LogP contribution >= 0.6 is 27.7 Å². The first-order chi connectivity index (χ1) is 15.0. The standard InChI is InChI=1S/C22H23BrN4O3S/c1-4-11-27-20(13-30-17-8-6-16(29-3)7-9-17)25-26-22(27)31-14-21(28)24-19-10-5-15(2)12-18(19)23/h4-10,12H,1,11,13-14H2,2-3H3,(H,24,28). The van der Waals surface area contributed by atoms with Crippen LogP contribution in [-0.4, -0.2) is 33.5 Å². The van der Waals surface area contributed by atoms with E-state index in [1.54, 1.807) is 13.2 Å².